The van der Waals surface area contributed by atoms with Crippen molar-refractivity contribution >= 4 is 25.5 Å². The molecule has 0 radical (unpaired) electrons. The molecule has 0 amide bonds. The zero-order valence-corrected chi connectivity index (χ0v) is 12.0. The Labute approximate surface area is 97.1 Å². The lowest BCUT2D eigenvalue weighted by molar-refractivity contribution is -0.122. The molecule has 0 saturated heterocycles. The lowest BCUT2D eigenvalue weighted by Crippen LogP contribution is -2.53. The van der Waals surface area contributed by atoms with Gasteiger partial charge in [-0.1, -0.05) is 0 Å². The number of hydrogen-bond donors (Lipinski definition) is 0. The van der Waals surface area contributed by atoms with Crippen LogP contribution in [0.2, 0.25) is 0 Å². The van der Waals surface area contributed by atoms with Crippen molar-refractivity contribution in [1.29, 1.82) is 0 Å². The Morgan fingerprint density at radius 3 is 1.06 bits per heavy atom. The molecule has 0 aromatic carbocycles. The second kappa shape index (κ2) is 3.80. The highest BCUT2D eigenvalue weighted by atomic mass is 32.2. The van der Waals surface area contributed by atoms with E-state index in [2.05, 4.69) is 0 Å². The standard InChI is InChI=1S/C9H18O5S2/c1-8(2,15(5,11)12)7(10)9(3,4)16(6,13)14/h1-6H3. The van der Waals surface area contributed by atoms with E-state index in [9.17, 15) is 21.6 Å². The molecule has 0 unspecified atom stereocenters. The number of carbonyl (C=O) groups is 1. The summed E-state index contributed by atoms with van der Waals surface area (Å²) in [5.74, 6) is -0.815. The van der Waals surface area contributed by atoms with Gasteiger partial charge in [-0.3, -0.25) is 4.79 Å². The average Bonchev–Trinajstić information content (AvgIpc) is 1.98. The van der Waals surface area contributed by atoms with Gasteiger partial charge in [0.1, 0.15) is 9.49 Å². The maximum Gasteiger partial charge on any atom is 0.174 e. The van der Waals surface area contributed by atoms with E-state index in [0.29, 0.717) is 0 Å². The summed E-state index contributed by atoms with van der Waals surface area (Å²) in [6.45, 7) is 4.88. The van der Waals surface area contributed by atoms with Crippen LogP contribution in [0.15, 0.2) is 0 Å². The highest BCUT2D eigenvalue weighted by molar-refractivity contribution is 7.94. The summed E-state index contributed by atoms with van der Waals surface area (Å²) in [5.41, 5.74) is 0. The van der Waals surface area contributed by atoms with Gasteiger partial charge in [-0.15, -0.1) is 0 Å². The van der Waals surface area contributed by atoms with Crippen LogP contribution in [0.25, 0.3) is 0 Å². The fraction of sp³-hybridized carbons (Fsp3) is 0.889. The quantitative estimate of drug-likeness (QED) is 0.728. The lowest BCUT2D eigenvalue weighted by Gasteiger charge is -2.30. The molecule has 0 spiro atoms. The molecule has 0 rings (SSSR count). The van der Waals surface area contributed by atoms with E-state index in [1.807, 2.05) is 0 Å². The largest absolute Gasteiger partial charge is 0.296 e. The van der Waals surface area contributed by atoms with Crippen molar-refractivity contribution in [3.8, 4) is 0 Å². The molecule has 0 heterocycles. The molecule has 0 bridgehead atoms. The van der Waals surface area contributed by atoms with Gasteiger partial charge in [-0.2, -0.15) is 0 Å². The van der Waals surface area contributed by atoms with Crippen LogP contribution in [-0.2, 0) is 24.5 Å². The Balaban J connectivity index is 5.77. The normalized spacial score (nSPS) is 14.9. The summed E-state index contributed by atoms with van der Waals surface area (Å²) in [6, 6.07) is 0. The molecule has 0 aliphatic heterocycles. The highest BCUT2D eigenvalue weighted by Gasteiger charge is 2.50. The minimum Gasteiger partial charge on any atom is -0.296 e. The molecule has 0 fully saturated rings. The van der Waals surface area contributed by atoms with E-state index in [1.165, 1.54) is 27.7 Å². The third-order valence-electron chi connectivity index (χ3n) is 2.95. The predicted molar refractivity (Wildman–Crippen MR) is 62.9 cm³/mol. The van der Waals surface area contributed by atoms with E-state index in [-0.39, 0.29) is 0 Å². The highest BCUT2D eigenvalue weighted by Crippen LogP contribution is 2.28. The zero-order chi connectivity index (χ0) is 13.6. The van der Waals surface area contributed by atoms with E-state index in [0.717, 1.165) is 12.5 Å². The summed E-state index contributed by atoms with van der Waals surface area (Å²) in [6.07, 6.45) is 1.84. The smallest absolute Gasteiger partial charge is 0.174 e. The lowest BCUT2D eigenvalue weighted by atomic mass is 9.97. The monoisotopic (exact) mass is 270 g/mol. The molecular formula is C9H18O5S2. The summed E-state index contributed by atoms with van der Waals surface area (Å²) >= 11 is 0. The van der Waals surface area contributed by atoms with Crippen LogP contribution >= 0.6 is 0 Å². The van der Waals surface area contributed by atoms with E-state index in [4.69, 9.17) is 0 Å². The number of rotatable bonds is 4. The molecule has 5 nitrogen and oxygen atoms in total. The Morgan fingerprint density at radius 2 is 0.938 bits per heavy atom. The maximum atomic E-state index is 12.0. The molecule has 16 heavy (non-hydrogen) atoms. The third-order valence-corrected chi connectivity index (χ3v) is 7.03. The van der Waals surface area contributed by atoms with Crippen molar-refractivity contribution < 1.29 is 21.6 Å². The van der Waals surface area contributed by atoms with Crippen LogP contribution in [0.3, 0.4) is 0 Å². The van der Waals surface area contributed by atoms with Gasteiger partial charge in [0.25, 0.3) is 0 Å². The topological polar surface area (TPSA) is 85.3 Å². The van der Waals surface area contributed by atoms with Gasteiger partial charge in [0.15, 0.2) is 25.5 Å². The fourth-order valence-electron chi connectivity index (χ4n) is 1.06. The first-order valence-corrected chi connectivity index (χ1v) is 8.38. The van der Waals surface area contributed by atoms with Gasteiger partial charge < -0.3 is 0 Å². The van der Waals surface area contributed by atoms with Crippen LogP contribution in [0.4, 0.5) is 0 Å². The summed E-state index contributed by atoms with van der Waals surface area (Å²) in [5, 5.41) is 0. The Hall–Kier alpha value is -0.430. The van der Waals surface area contributed by atoms with Crippen molar-refractivity contribution in [2.24, 2.45) is 0 Å². The first kappa shape index (κ1) is 15.6. The van der Waals surface area contributed by atoms with Gasteiger partial charge in [-0.05, 0) is 27.7 Å². The van der Waals surface area contributed by atoms with Gasteiger partial charge >= 0.3 is 0 Å². The van der Waals surface area contributed by atoms with Gasteiger partial charge in [0.2, 0.25) is 0 Å². The maximum absolute atomic E-state index is 12.0. The summed E-state index contributed by atoms with van der Waals surface area (Å²) < 4.78 is 42.4. The fourth-order valence-corrected chi connectivity index (χ4v) is 2.31. The van der Waals surface area contributed by atoms with Gasteiger partial charge in [-0.25, -0.2) is 16.8 Å². The molecular weight excluding hydrogens is 252 g/mol. The number of ketones is 1. The molecule has 7 heteroatoms. The van der Waals surface area contributed by atoms with Crippen molar-refractivity contribution in [2.45, 2.75) is 37.2 Å². The van der Waals surface area contributed by atoms with Crippen molar-refractivity contribution in [3.63, 3.8) is 0 Å². The Morgan fingerprint density at radius 1 is 0.750 bits per heavy atom. The van der Waals surface area contributed by atoms with Crippen molar-refractivity contribution in [1.82, 2.24) is 0 Å². The molecule has 0 aromatic rings. The molecule has 96 valence electrons. The van der Waals surface area contributed by atoms with Crippen LogP contribution in [0, 0.1) is 0 Å². The number of Topliss-reactive ketones (excluding diaryl/α,β-unsaturated/α-hetero) is 1. The minimum atomic E-state index is -3.66. The summed E-state index contributed by atoms with van der Waals surface area (Å²) in [4.78, 5) is 12.0. The van der Waals surface area contributed by atoms with Crippen LogP contribution in [0.1, 0.15) is 27.7 Å². The first-order chi connectivity index (χ1) is 6.65. The number of sulfone groups is 2. The Bertz CT molecular complexity index is 448. The van der Waals surface area contributed by atoms with Crippen molar-refractivity contribution in [3.05, 3.63) is 0 Å². The van der Waals surface area contributed by atoms with Crippen LogP contribution < -0.4 is 0 Å². The third kappa shape index (κ3) is 2.45. The predicted octanol–water partition coefficient (Wildman–Crippen LogP) is 0.202. The summed E-state index contributed by atoms with van der Waals surface area (Å²) in [7, 11) is -7.32. The number of carbonyl (C=O) groups excluding carboxylic acids is 1. The second-order valence-electron chi connectivity index (χ2n) is 4.89. The van der Waals surface area contributed by atoms with Gasteiger partial charge in [0.05, 0.1) is 0 Å². The van der Waals surface area contributed by atoms with Crippen LogP contribution in [0.5, 0.6) is 0 Å². The molecule has 0 aromatic heterocycles. The van der Waals surface area contributed by atoms with E-state index in [1.54, 1.807) is 0 Å². The minimum absolute atomic E-state index is 0.815. The number of hydrogen-bond acceptors (Lipinski definition) is 5. The van der Waals surface area contributed by atoms with E-state index < -0.39 is 35.0 Å². The SMILES string of the molecule is CC(C)(C(=O)C(C)(C)S(C)(=O)=O)S(C)(=O)=O. The average molecular weight is 270 g/mol. The molecule has 0 aliphatic rings. The van der Waals surface area contributed by atoms with Crippen LogP contribution in [-0.4, -0.2) is 44.6 Å². The molecule has 0 N–H and O–H groups in total. The molecule has 0 aliphatic carbocycles. The second-order valence-corrected chi connectivity index (χ2v) is 10.0. The van der Waals surface area contributed by atoms with Gasteiger partial charge in [0, 0.05) is 12.5 Å². The first-order valence-electron chi connectivity index (χ1n) is 4.60. The molecule has 0 saturated carbocycles. The zero-order valence-electron chi connectivity index (χ0n) is 10.4. The van der Waals surface area contributed by atoms with Crippen molar-refractivity contribution in [2.75, 3.05) is 12.5 Å². The Kier molecular flexibility index (Phi) is 3.70. The molecule has 0 atom stereocenters. The van der Waals surface area contributed by atoms with E-state index >= 15 is 0 Å².